The summed E-state index contributed by atoms with van der Waals surface area (Å²) in [6.07, 6.45) is 3.08. The minimum absolute atomic E-state index is 0.0272. The maximum Gasteiger partial charge on any atom is 0.258 e. The summed E-state index contributed by atoms with van der Waals surface area (Å²) in [6.45, 7) is 7.60. The molecule has 0 amide bonds. The van der Waals surface area contributed by atoms with E-state index >= 15 is 0 Å². The number of hydrogen-bond donors (Lipinski definition) is 0. The number of likely N-dealkylation sites (tertiary alicyclic amines) is 1. The third kappa shape index (κ3) is 2.72. The lowest BCUT2D eigenvalue weighted by Gasteiger charge is -2.34. The van der Waals surface area contributed by atoms with Crippen LogP contribution in [0.15, 0.2) is 22.4 Å². The SMILES string of the molecule is C[C@@H]1C[C@@H](C)CN(Cc2cc(=O)n3ccsc3n2)C1. The average molecular weight is 277 g/mol. The van der Waals surface area contributed by atoms with E-state index in [1.807, 2.05) is 5.38 Å². The van der Waals surface area contributed by atoms with Crippen molar-refractivity contribution in [3.05, 3.63) is 33.7 Å². The molecule has 3 heterocycles. The zero-order valence-corrected chi connectivity index (χ0v) is 12.2. The molecule has 0 saturated carbocycles. The van der Waals surface area contributed by atoms with Crippen molar-refractivity contribution in [2.24, 2.45) is 11.8 Å². The van der Waals surface area contributed by atoms with Crippen LogP contribution in [-0.2, 0) is 6.54 Å². The van der Waals surface area contributed by atoms with Gasteiger partial charge in [-0.2, -0.15) is 0 Å². The Balaban J connectivity index is 1.83. The van der Waals surface area contributed by atoms with Crippen LogP contribution in [0.2, 0.25) is 0 Å². The van der Waals surface area contributed by atoms with Crippen molar-refractivity contribution in [1.29, 1.82) is 0 Å². The Labute approximate surface area is 116 Å². The van der Waals surface area contributed by atoms with E-state index in [0.29, 0.717) is 0 Å². The maximum absolute atomic E-state index is 11.9. The van der Waals surface area contributed by atoms with Crippen LogP contribution in [0.1, 0.15) is 26.0 Å². The van der Waals surface area contributed by atoms with E-state index in [2.05, 4.69) is 23.7 Å². The first-order valence-corrected chi connectivity index (χ1v) is 7.68. The Hall–Kier alpha value is -1.20. The molecule has 0 N–H and O–H groups in total. The lowest BCUT2D eigenvalue weighted by Crippen LogP contribution is -2.38. The van der Waals surface area contributed by atoms with E-state index in [9.17, 15) is 4.79 Å². The van der Waals surface area contributed by atoms with Crippen LogP contribution in [0.5, 0.6) is 0 Å². The van der Waals surface area contributed by atoms with Gasteiger partial charge in [0.15, 0.2) is 4.96 Å². The minimum atomic E-state index is 0.0272. The zero-order chi connectivity index (χ0) is 13.4. The van der Waals surface area contributed by atoms with Gasteiger partial charge in [-0.05, 0) is 18.3 Å². The number of hydrogen-bond acceptors (Lipinski definition) is 4. The first-order valence-electron chi connectivity index (χ1n) is 6.80. The average Bonchev–Trinajstić information content (AvgIpc) is 2.75. The predicted octanol–water partition coefficient (Wildman–Crippen LogP) is 2.23. The van der Waals surface area contributed by atoms with Crippen molar-refractivity contribution in [1.82, 2.24) is 14.3 Å². The van der Waals surface area contributed by atoms with Crippen molar-refractivity contribution in [3.8, 4) is 0 Å². The lowest BCUT2D eigenvalue weighted by molar-refractivity contribution is 0.133. The quantitative estimate of drug-likeness (QED) is 0.845. The van der Waals surface area contributed by atoms with Gasteiger partial charge in [-0.15, -0.1) is 11.3 Å². The monoisotopic (exact) mass is 277 g/mol. The van der Waals surface area contributed by atoms with Gasteiger partial charge in [-0.3, -0.25) is 14.1 Å². The molecule has 0 bridgehead atoms. The molecule has 19 heavy (non-hydrogen) atoms. The second-order valence-corrected chi connectivity index (χ2v) is 6.65. The standard InChI is InChI=1S/C14H19N3OS/c1-10-5-11(2)8-16(7-10)9-12-6-13(18)17-3-4-19-14(17)15-12/h3-4,6,10-11H,5,7-9H2,1-2H3/t10-,11-/m1/s1. The molecule has 5 heteroatoms. The molecule has 0 radical (unpaired) electrons. The molecule has 0 aromatic carbocycles. The second-order valence-electron chi connectivity index (χ2n) is 5.78. The van der Waals surface area contributed by atoms with Gasteiger partial charge in [0, 0.05) is 37.3 Å². The van der Waals surface area contributed by atoms with Gasteiger partial charge < -0.3 is 0 Å². The van der Waals surface area contributed by atoms with Crippen LogP contribution in [0.4, 0.5) is 0 Å². The van der Waals surface area contributed by atoms with Crippen molar-refractivity contribution in [2.45, 2.75) is 26.8 Å². The molecule has 2 atom stereocenters. The van der Waals surface area contributed by atoms with Gasteiger partial charge in [-0.25, -0.2) is 4.98 Å². The van der Waals surface area contributed by atoms with Gasteiger partial charge in [0.2, 0.25) is 0 Å². The summed E-state index contributed by atoms with van der Waals surface area (Å²) >= 11 is 1.51. The molecule has 2 aromatic heterocycles. The summed E-state index contributed by atoms with van der Waals surface area (Å²) in [5.41, 5.74) is 0.924. The van der Waals surface area contributed by atoms with E-state index < -0.39 is 0 Å². The first-order chi connectivity index (χ1) is 9.11. The fraction of sp³-hybridized carbons (Fsp3) is 0.571. The topological polar surface area (TPSA) is 37.6 Å². The van der Waals surface area contributed by atoms with Crippen molar-refractivity contribution < 1.29 is 0 Å². The van der Waals surface area contributed by atoms with Crippen LogP contribution in [-0.4, -0.2) is 27.4 Å². The van der Waals surface area contributed by atoms with E-state index in [-0.39, 0.29) is 5.56 Å². The Bertz CT molecular complexity index is 623. The molecule has 1 fully saturated rings. The van der Waals surface area contributed by atoms with Gasteiger partial charge in [-0.1, -0.05) is 13.8 Å². The molecule has 2 aromatic rings. The van der Waals surface area contributed by atoms with Crippen molar-refractivity contribution in [2.75, 3.05) is 13.1 Å². The summed E-state index contributed by atoms with van der Waals surface area (Å²) in [6, 6.07) is 1.67. The molecule has 1 aliphatic rings. The summed E-state index contributed by atoms with van der Waals surface area (Å²) in [7, 11) is 0. The van der Waals surface area contributed by atoms with Crippen LogP contribution in [0, 0.1) is 11.8 Å². The molecule has 4 nitrogen and oxygen atoms in total. The number of fused-ring (bicyclic) bond motifs is 1. The Morgan fingerprint density at radius 1 is 1.37 bits per heavy atom. The minimum Gasteiger partial charge on any atom is -0.297 e. The molecule has 102 valence electrons. The molecule has 3 rings (SSSR count). The second kappa shape index (κ2) is 5.06. The van der Waals surface area contributed by atoms with Gasteiger partial charge >= 0.3 is 0 Å². The van der Waals surface area contributed by atoms with E-state index in [4.69, 9.17) is 0 Å². The van der Waals surface area contributed by atoms with Gasteiger partial charge in [0.25, 0.3) is 5.56 Å². The largest absolute Gasteiger partial charge is 0.297 e. The van der Waals surface area contributed by atoms with Crippen molar-refractivity contribution >= 4 is 16.3 Å². The van der Waals surface area contributed by atoms with Crippen LogP contribution < -0.4 is 5.56 Å². The van der Waals surface area contributed by atoms with Gasteiger partial charge in [0.05, 0.1) is 5.69 Å². The van der Waals surface area contributed by atoms with E-state index in [1.54, 1.807) is 16.7 Å². The number of piperidine rings is 1. The highest BCUT2D eigenvalue weighted by molar-refractivity contribution is 7.15. The predicted molar refractivity (Wildman–Crippen MR) is 77.6 cm³/mol. The number of rotatable bonds is 2. The molecule has 0 aliphatic carbocycles. The summed E-state index contributed by atoms with van der Waals surface area (Å²) in [4.78, 5) is 19.7. The van der Waals surface area contributed by atoms with Gasteiger partial charge in [0.1, 0.15) is 0 Å². The summed E-state index contributed by atoms with van der Waals surface area (Å²) in [5.74, 6) is 1.46. The molecule has 1 aliphatic heterocycles. The third-order valence-electron chi connectivity index (χ3n) is 3.69. The number of aromatic nitrogens is 2. The smallest absolute Gasteiger partial charge is 0.258 e. The fourth-order valence-corrected chi connectivity index (χ4v) is 3.86. The highest BCUT2D eigenvalue weighted by atomic mass is 32.1. The van der Waals surface area contributed by atoms with Crippen LogP contribution in [0.25, 0.3) is 4.96 Å². The Morgan fingerprint density at radius 3 is 2.84 bits per heavy atom. The maximum atomic E-state index is 11.9. The fourth-order valence-electron chi connectivity index (χ4n) is 3.12. The molecular weight excluding hydrogens is 258 g/mol. The molecular formula is C14H19N3OS. The molecule has 1 saturated heterocycles. The Kier molecular flexibility index (Phi) is 3.41. The number of nitrogens with zero attached hydrogens (tertiary/aromatic N) is 3. The normalized spacial score (nSPS) is 24.9. The summed E-state index contributed by atoms with van der Waals surface area (Å²) in [5, 5.41) is 1.90. The highest BCUT2D eigenvalue weighted by Crippen LogP contribution is 2.22. The lowest BCUT2D eigenvalue weighted by atomic mass is 9.92. The Morgan fingerprint density at radius 2 is 2.11 bits per heavy atom. The highest BCUT2D eigenvalue weighted by Gasteiger charge is 2.22. The molecule has 0 unspecified atom stereocenters. The van der Waals surface area contributed by atoms with Crippen molar-refractivity contribution in [3.63, 3.8) is 0 Å². The number of thiazole rings is 1. The van der Waals surface area contributed by atoms with Crippen LogP contribution >= 0.6 is 11.3 Å². The van der Waals surface area contributed by atoms with E-state index in [1.165, 1.54) is 17.8 Å². The van der Waals surface area contributed by atoms with Crippen LogP contribution in [0.3, 0.4) is 0 Å². The van der Waals surface area contributed by atoms with E-state index in [0.717, 1.165) is 42.1 Å². The third-order valence-corrected chi connectivity index (χ3v) is 4.44. The zero-order valence-electron chi connectivity index (χ0n) is 11.4. The molecule has 0 spiro atoms. The first kappa shape index (κ1) is 12.8. The summed E-state index contributed by atoms with van der Waals surface area (Å²) < 4.78 is 1.61.